The second-order valence-electron chi connectivity index (χ2n) is 6.39. The summed E-state index contributed by atoms with van der Waals surface area (Å²) in [6.07, 6.45) is 3.26. The molecule has 7 nitrogen and oxygen atoms in total. The lowest BCUT2D eigenvalue weighted by molar-refractivity contribution is -0.139. The van der Waals surface area contributed by atoms with Crippen molar-refractivity contribution in [3.05, 3.63) is 58.7 Å². The number of hydrogen-bond acceptors (Lipinski definition) is 7. The second kappa shape index (κ2) is 9.90. The Hall–Kier alpha value is -2.65. The molecule has 0 unspecified atom stereocenters. The van der Waals surface area contributed by atoms with Crippen LogP contribution in [0.3, 0.4) is 0 Å². The Kier molecular flexibility index (Phi) is 7.80. The first-order valence-corrected chi connectivity index (χ1v) is 10.6. The SMILES string of the molecule is C=CC1=C(C=C)N(CCOC(=O)C(=C)C)C(=C2C(=O)N(CC)C(=S)N(CC)C2=O)S1. The fourth-order valence-corrected chi connectivity index (χ4v) is 4.58. The van der Waals surface area contributed by atoms with Crippen LogP contribution in [-0.4, -0.2) is 63.8 Å². The van der Waals surface area contributed by atoms with Crippen molar-refractivity contribution < 1.29 is 19.1 Å². The molecule has 1 saturated heterocycles. The highest BCUT2D eigenvalue weighted by molar-refractivity contribution is 8.07. The molecule has 2 aliphatic heterocycles. The van der Waals surface area contributed by atoms with Gasteiger partial charge in [0.25, 0.3) is 11.8 Å². The number of rotatable bonds is 8. The van der Waals surface area contributed by atoms with Crippen molar-refractivity contribution in [1.82, 2.24) is 14.7 Å². The molecule has 2 heterocycles. The molecular formula is C21H25N3O4S2. The van der Waals surface area contributed by atoms with Crippen molar-refractivity contribution >= 4 is 46.9 Å². The summed E-state index contributed by atoms with van der Waals surface area (Å²) >= 11 is 6.59. The number of likely N-dealkylation sites (N-methyl/N-ethyl adjacent to an activating group) is 2. The van der Waals surface area contributed by atoms with E-state index < -0.39 is 17.8 Å². The lowest BCUT2D eigenvalue weighted by Gasteiger charge is -2.36. The topological polar surface area (TPSA) is 70.2 Å². The average molecular weight is 448 g/mol. The first-order valence-electron chi connectivity index (χ1n) is 9.42. The minimum Gasteiger partial charge on any atom is -0.460 e. The number of allylic oxidation sites excluding steroid dienone is 2. The van der Waals surface area contributed by atoms with E-state index in [1.807, 2.05) is 0 Å². The van der Waals surface area contributed by atoms with Crippen LogP contribution in [0, 0.1) is 0 Å². The summed E-state index contributed by atoms with van der Waals surface area (Å²) in [5.41, 5.74) is 1.00. The first kappa shape index (κ1) is 23.6. The molecule has 0 aromatic carbocycles. The van der Waals surface area contributed by atoms with E-state index >= 15 is 0 Å². The van der Waals surface area contributed by atoms with Gasteiger partial charge in [0.1, 0.15) is 12.2 Å². The molecule has 0 aromatic heterocycles. The Bertz CT molecular complexity index is 876. The minimum absolute atomic E-state index is 0.0275. The number of nitrogens with zero attached hydrogens (tertiary/aromatic N) is 3. The van der Waals surface area contributed by atoms with E-state index in [1.54, 1.807) is 37.8 Å². The molecule has 30 heavy (non-hydrogen) atoms. The molecule has 0 saturated carbocycles. The van der Waals surface area contributed by atoms with E-state index in [9.17, 15) is 14.4 Å². The predicted octanol–water partition coefficient (Wildman–Crippen LogP) is 2.95. The molecule has 0 atom stereocenters. The highest BCUT2D eigenvalue weighted by atomic mass is 32.2. The van der Waals surface area contributed by atoms with E-state index in [-0.39, 0.29) is 23.8 Å². The lowest BCUT2D eigenvalue weighted by Crippen LogP contribution is -2.56. The van der Waals surface area contributed by atoms with Crippen molar-refractivity contribution in [2.45, 2.75) is 20.8 Å². The van der Waals surface area contributed by atoms with E-state index in [0.29, 0.717) is 29.4 Å². The molecule has 0 aromatic rings. The third-order valence-corrected chi connectivity index (χ3v) is 6.15. The van der Waals surface area contributed by atoms with Crippen molar-refractivity contribution in [3.63, 3.8) is 0 Å². The summed E-state index contributed by atoms with van der Waals surface area (Å²) in [7, 11) is 0. The molecule has 0 N–H and O–H groups in total. The average Bonchev–Trinajstić information content (AvgIpc) is 3.05. The van der Waals surface area contributed by atoms with Crippen LogP contribution in [0.15, 0.2) is 58.7 Å². The maximum atomic E-state index is 13.2. The summed E-state index contributed by atoms with van der Waals surface area (Å²) in [5.74, 6) is -1.40. The van der Waals surface area contributed by atoms with Gasteiger partial charge in [-0.15, -0.1) is 0 Å². The smallest absolute Gasteiger partial charge is 0.333 e. The minimum atomic E-state index is -0.506. The van der Waals surface area contributed by atoms with Gasteiger partial charge in [-0.2, -0.15) is 0 Å². The highest BCUT2D eigenvalue weighted by Gasteiger charge is 2.43. The number of thioether (sulfide) groups is 1. The highest BCUT2D eigenvalue weighted by Crippen LogP contribution is 2.44. The molecule has 2 amide bonds. The van der Waals surface area contributed by atoms with Gasteiger partial charge in [-0.25, -0.2) is 4.79 Å². The third kappa shape index (κ3) is 4.27. The summed E-state index contributed by atoms with van der Waals surface area (Å²) in [4.78, 5) is 43.4. The van der Waals surface area contributed by atoms with E-state index in [0.717, 1.165) is 4.91 Å². The third-order valence-electron chi connectivity index (χ3n) is 4.50. The number of ether oxygens (including phenoxy) is 1. The molecule has 9 heteroatoms. The van der Waals surface area contributed by atoms with E-state index in [2.05, 4.69) is 19.7 Å². The normalized spacial score (nSPS) is 17.2. The number of amides is 2. The van der Waals surface area contributed by atoms with E-state index in [1.165, 1.54) is 21.6 Å². The molecule has 2 aliphatic rings. The molecule has 0 aliphatic carbocycles. The van der Waals surface area contributed by atoms with Crippen LogP contribution in [0.2, 0.25) is 0 Å². The van der Waals surface area contributed by atoms with Gasteiger partial charge in [0.15, 0.2) is 5.11 Å². The largest absolute Gasteiger partial charge is 0.460 e. The molecule has 160 valence electrons. The number of esters is 1. The standard InChI is InChI=1S/C21H25N3O4S2/c1-7-14-15(8-2)30-19(24(14)11-12-28-20(27)13(5)6)16-17(25)22(9-3)21(29)23(10-4)18(16)26/h7-8H,1-2,5,9-12H2,3-4,6H3. The molecule has 0 spiro atoms. The number of carbonyl (C=O) groups excluding carboxylic acids is 3. The Morgan fingerprint density at radius 1 is 1.10 bits per heavy atom. The zero-order valence-electron chi connectivity index (χ0n) is 17.4. The number of hydrogen-bond donors (Lipinski definition) is 0. The van der Waals surface area contributed by atoms with Gasteiger partial charge in [0.2, 0.25) is 0 Å². The summed E-state index contributed by atoms with van der Waals surface area (Å²) in [6.45, 7) is 17.3. The lowest BCUT2D eigenvalue weighted by atomic mass is 10.1. The Morgan fingerprint density at radius 3 is 2.10 bits per heavy atom. The Morgan fingerprint density at radius 2 is 1.67 bits per heavy atom. The van der Waals surface area contributed by atoms with Crippen LogP contribution in [0.4, 0.5) is 0 Å². The van der Waals surface area contributed by atoms with Crippen molar-refractivity contribution in [2.75, 3.05) is 26.2 Å². The summed E-state index contributed by atoms with van der Waals surface area (Å²) in [6, 6.07) is 0. The van der Waals surface area contributed by atoms with Crippen LogP contribution < -0.4 is 0 Å². The Balaban J connectivity index is 2.51. The summed E-state index contributed by atoms with van der Waals surface area (Å²) < 4.78 is 5.21. The molecule has 1 fully saturated rings. The predicted molar refractivity (Wildman–Crippen MR) is 122 cm³/mol. The molecule has 0 radical (unpaired) electrons. The van der Waals surface area contributed by atoms with Gasteiger partial charge < -0.3 is 9.64 Å². The van der Waals surface area contributed by atoms with Gasteiger partial charge in [-0.1, -0.05) is 37.6 Å². The van der Waals surface area contributed by atoms with Crippen molar-refractivity contribution in [2.24, 2.45) is 0 Å². The zero-order valence-corrected chi connectivity index (χ0v) is 19.0. The molecular weight excluding hydrogens is 422 g/mol. The van der Waals surface area contributed by atoms with Crippen LogP contribution in [0.25, 0.3) is 0 Å². The quantitative estimate of drug-likeness (QED) is 0.245. The molecule has 0 bridgehead atoms. The fraction of sp³-hybridized carbons (Fsp3) is 0.333. The van der Waals surface area contributed by atoms with Gasteiger partial charge >= 0.3 is 5.97 Å². The second-order valence-corrected chi connectivity index (χ2v) is 7.79. The van der Waals surface area contributed by atoms with Crippen LogP contribution >= 0.6 is 24.0 Å². The van der Waals surface area contributed by atoms with Crippen molar-refractivity contribution in [3.8, 4) is 0 Å². The first-order chi connectivity index (χ1) is 14.2. The summed E-state index contributed by atoms with van der Waals surface area (Å²) in [5, 5.41) is 0.644. The van der Waals surface area contributed by atoms with Gasteiger partial charge in [-0.05, 0) is 39.1 Å². The fourth-order valence-electron chi connectivity index (χ4n) is 2.99. The molecule has 2 rings (SSSR count). The number of carbonyl (C=O) groups is 3. The van der Waals surface area contributed by atoms with Gasteiger partial charge in [-0.3, -0.25) is 19.4 Å². The van der Waals surface area contributed by atoms with E-state index in [4.69, 9.17) is 17.0 Å². The van der Waals surface area contributed by atoms with Gasteiger partial charge in [0, 0.05) is 23.6 Å². The van der Waals surface area contributed by atoms with Gasteiger partial charge in [0.05, 0.1) is 17.3 Å². The maximum absolute atomic E-state index is 13.2. The maximum Gasteiger partial charge on any atom is 0.333 e. The Labute approximate surface area is 186 Å². The monoisotopic (exact) mass is 447 g/mol. The van der Waals surface area contributed by atoms with Crippen LogP contribution in [0.1, 0.15) is 20.8 Å². The van der Waals surface area contributed by atoms with Crippen molar-refractivity contribution in [1.29, 1.82) is 0 Å². The van der Waals surface area contributed by atoms with Crippen LogP contribution in [0.5, 0.6) is 0 Å². The zero-order chi connectivity index (χ0) is 22.6. The number of thiocarbonyl (C=S) groups is 1. The van der Waals surface area contributed by atoms with Crippen LogP contribution in [-0.2, 0) is 19.1 Å².